The van der Waals surface area contributed by atoms with E-state index >= 15 is 0 Å². The van der Waals surface area contributed by atoms with Gasteiger partial charge in [0.25, 0.3) is 0 Å². The predicted molar refractivity (Wildman–Crippen MR) is 132 cm³/mol. The molecule has 1 aliphatic heterocycles. The van der Waals surface area contributed by atoms with Crippen LogP contribution in [0.15, 0.2) is 77.9 Å². The number of aromatic nitrogens is 3. The first-order valence-corrected chi connectivity index (χ1v) is 10.9. The third kappa shape index (κ3) is 6.31. The van der Waals surface area contributed by atoms with Crippen LogP contribution in [0, 0.1) is 0 Å². The van der Waals surface area contributed by atoms with Crippen molar-refractivity contribution in [3.05, 3.63) is 84.2 Å². The number of carboxylic acid groups (broad SMARTS) is 1. The van der Waals surface area contributed by atoms with Crippen molar-refractivity contribution >= 4 is 29.2 Å². The van der Waals surface area contributed by atoms with Crippen LogP contribution in [0.25, 0.3) is 5.52 Å². The fourth-order valence-corrected chi connectivity index (χ4v) is 3.43. The quantitative estimate of drug-likeness (QED) is 0.392. The summed E-state index contributed by atoms with van der Waals surface area (Å²) in [5.74, 6) is -5.46. The summed E-state index contributed by atoms with van der Waals surface area (Å²) in [7, 11) is 0. The number of alkyl halides is 3. The predicted octanol–water partition coefficient (Wildman–Crippen LogP) is 3.89. The van der Waals surface area contributed by atoms with Gasteiger partial charge in [0.05, 0.1) is 0 Å². The molecule has 1 aliphatic rings. The zero-order valence-corrected chi connectivity index (χ0v) is 19.7. The average Bonchev–Trinajstić information content (AvgIpc) is 3.10. The molecule has 0 saturated heterocycles. The molecule has 0 radical (unpaired) electrons. The Balaban J connectivity index is 1.79. The van der Waals surface area contributed by atoms with Crippen molar-refractivity contribution in [3.8, 4) is 0 Å². The second-order valence-corrected chi connectivity index (χ2v) is 7.84. The van der Waals surface area contributed by atoms with E-state index < -0.39 is 30.3 Å². The number of aliphatic imine (C=N–C) groups is 1. The molecule has 0 aromatic carbocycles. The molecular weight excluding hydrogens is 491 g/mol. The molecule has 13 heteroatoms. The number of nitrogens with zero attached hydrogens (tertiary/aromatic N) is 4. The smallest absolute Gasteiger partial charge is 0.354 e. The number of amidine groups is 1. The number of halogens is 3. The van der Waals surface area contributed by atoms with Gasteiger partial charge in [0.15, 0.2) is 18.2 Å². The van der Waals surface area contributed by atoms with E-state index in [-0.39, 0.29) is 35.4 Å². The molecule has 194 valence electrons. The molecule has 2 aromatic rings. The Kier molecular flexibility index (Phi) is 8.27. The minimum absolute atomic E-state index is 0.0945. The lowest BCUT2D eigenvalue weighted by molar-refractivity contribution is 0.0139. The number of carboxylic acids is 1. The van der Waals surface area contributed by atoms with Gasteiger partial charge < -0.3 is 16.2 Å². The number of rotatable bonds is 8. The number of allylic oxidation sites excluding steroid dienone is 7. The van der Waals surface area contributed by atoms with Crippen molar-refractivity contribution in [1.82, 2.24) is 25.2 Å². The van der Waals surface area contributed by atoms with Crippen molar-refractivity contribution in [2.45, 2.75) is 25.2 Å². The summed E-state index contributed by atoms with van der Waals surface area (Å²) in [6.07, 6.45) is 11.3. The summed E-state index contributed by atoms with van der Waals surface area (Å²) in [6, 6.07) is 0.641. The fourth-order valence-electron chi connectivity index (χ4n) is 3.43. The Morgan fingerprint density at radius 3 is 2.84 bits per heavy atom. The van der Waals surface area contributed by atoms with Gasteiger partial charge in [0.2, 0.25) is 0 Å². The maximum absolute atomic E-state index is 13.7. The van der Waals surface area contributed by atoms with Gasteiger partial charge in [-0.1, -0.05) is 37.8 Å². The number of aromatic carboxylic acids is 1. The van der Waals surface area contributed by atoms with Crippen LogP contribution in [0.3, 0.4) is 0 Å². The van der Waals surface area contributed by atoms with E-state index in [0.717, 1.165) is 12.4 Å². The van der Waals surface area contributed by atoms with E-state index in [9.17, 15) is 27.9 Å². The summed E-state index contributed by atoms with van der Waals surface area (Å²) < 4.78 is 41.4. The highest BCUT2D eigenvalue weighted by Crippen LogP contribution is 2.29. The number of nitrogens with two attached hydrogens (primary N) is 1. The Labute approximate surface area is 209 Å². The zero-order valence-electron chi connectivity index (χ0n) is 19.7. The molecule has 2 aromatic heterocycles. The van der Waals surface area contributed by atoms with E-state index in [0.29, 0.717) is 11.1 Å². The van der Waals surface area contributed by atoms with Gasteiger partial charge in [-0.15, -0.1) is 0 Å². The van der Waals surface area contributed by atoms with Crippen molar-refractivity contribution in [2.24, 2.45) is 4.99 Å². The summed E-state index contributed by atoms with van der Waals surface area (Å²) in [5.41, 5.74) is 6.23. The molecule has 1 unspecified atom stereocenters. The molecule has 0 fully saturated rings. The lowest BCUT2D eigenvalue weighted by atomic mass is 10.0. The SMILES string of the molecule is C=C/C=C(\C=C/C(C)c1cc(C(=O)O)n2ncnc(N)c12)NC(=O)NC1=NC(C(F)(F)CF)=CCC=C1. The van der Waals surface area contributed by atoms with Crippen molar-refractivity contribution in [3.63, 3.8) is 0 Å². The Bertz CT molecular complexity index is 1370. The lowest BCUT2D eigenvalue weighted by Gasteiger charge is -2.14. The van der Waals surface area contributed by atoms with E-state index in [1.807, 2.05) is 0 Å². The number of carbonyl (C=O) groups excluding carboxylic acids is 1. The molecule has 3 rings (SSSR count). The lowest BCUT2D eigenvalue weighted by Crippen LogP contribution is -2.38. The number of urea groups is 1. The third-order valence-corrected chi connectivity index (χ3v) is 5.19. The van der Waals surface area contributed by atoms with E-state index in [4.69, 9.17) is 5.73 Å². The topological polar surface area (TPSA) is 147 Å². The van der Waals surface area contributed by atoms with Gasteiger partial charge in [0, 0.05) is 11.6 Å². The van der Waals surface area contributed by atoms with Crippen molar-refractivity contribution in [2.75, 3.05) is 12.4 Å². The second kappa shape index (κ2) is 11.4. The Morgan fingerprint density at radius 1 is 1.41 bits per heavy atom. The molecule has 0 bridgehead atoms. The molecule has 37 heavy (non-hydrogen) atoms. The summed E-state index contributed by atoms with van der Waals surface area (Å²) in [6.45, 7) is 3.46. The molecular formula is C24H24F3N7O3. The fraction of sp³-hybridized carbons (Fsp3) is 0.208. The number of hydrogen-bond acceptors (Lipinski definition) is 6. The second-order valence-electron chi connectivity index (χ2n) is 7.84. The molecule has 1 atom stereocenters. The monoisotopic (exact) mass is 515 g/mol. The van der Waals surface area contributed by atoms with E-state index in [1.54, 1.807) is 19.1 Å². The molecule has 5 N–H and O–H groups in total. The van der Waals surface area contributed by atoms with Crippen molar-refractivity contribution in [1.29, 1.82) is 0 Å². The van der Waals surface area contributed by atoms with Crippen LogP contribution in [-0.4, -0.2) is 50.1 Å². The van der Waals surface area contributed by atoms with Crippen LogP contribution in [0.1, 0.15) is 35.3 Å². The van der Waals surface area contributed by atoms with Gasteiger partial charge in [0.1, 0.15) is 23.4 Å². The normalized spacial score (nSPS) is 15.2. The van der Waals surface area contributed by atoms with Gasteiger partial charge in [-0.3, -0.25) is 5.32 Å². The number of fused-ring (bicyclic) bond motifs is 1. The van der Waals surface area contributed by atoms with E-state index in [1.165, 1.54) is 34.9 Å². The highest BCUT2D eigenvalue weighted by atomic mass is 19.3. The number of anilines is 1. The minimum Gasteiger partial charge on any atom is -0.477 e. The highest BCUT2D eigenvalue weighted by molar-refractivity contribution is 6.04. The van der Waals surface area contributed by atoms with Crippen LogP contribution in [0.5, 0.6) is 0 Å². The van der Waals surface area contributed by atoms with Crippen LogP contribution in [0.2, 0.25) is 0 Å². The Morgan fingerprint density at radius 2 is 2.16 bits per heavy atom. The van der Waals surface area contributed by atoms with Crippen molar-refractivity contribution < 1.29 is 27.9 Å². The molecule has 3 heterocycles. The average molecular weight is 515 g/mol. The number of amides is 2. The third-order valence-electron chi connectivity index (χ3n) is 5.19. The van der Waals surface area contributed by atoms with Gasteiger partial charge in [-0.25, -0.2) is 28.5 Å². The van der Waals surface area contributed by atoms with E-state index in [2.05, 4.69) is 32.3 Å². The highest BCUT2D eigenvalue weighted by Gasteiger charge is 2.35. The van der Waals surface area contributed by atoms with Gasteiger partial charge >= 0.3 is 17.9 Å². The van der Waals surface area contributed by atoms with Gasteiger partial charge in [-0.2, -0.15) is 13.9 Å². The standard InChI is InChI=1S/C24H24F3N7O3/c1-3-6-15(31-23(37)33-19-8-5-4-7-18(32-19)24(26,27)12-25)10-9-14(2)16-11-17(22(35)36)34-20(16)21(28)29-13-30-34/h3,5-11,13-14H,1,4,12H2,2H3,(H,35,36)(H2,28,29,30)(H2,31,32,33,37)/b10-9-,15-6+. The van der Waals surface area contributed by atoms with Crippen LogP contribution in [0.4, 0.5) is 23.8 Å². The number of hydrogen-bond donors (Lipinski definition) is 4. The molecule has 2 amide bonds. The minimum atomic E-state index is -3.78. The number of nitrogen functional groups attached to an aromatic ring is 1. The van der Waals surface area contributed by atoms with Crippen LogP contribution < -0.4 is 16.4 Å². The maximum atomic E-state index is 13.7. The molecule has 0 saturated carbocycles. The van der Waals surface area contributed by atoms with Crippen LogP contribution in [-0.2, 0) is 0 Å². The first kappa shape index (κ1) is 26.9. The van der Waals surface area contributed by atoms with Crippen LogP contribution >= 0.6 is 0 Å². The first-order chi connectivity index (χ1) is 17.6. The summed E-state index contributed by atoms with van der Waals surface area (Å²) in [5, 5.41) is 18.3. The zero-order chi connectivity index (χ0) is 27.2. The summed E-state index contributed by atoms with van der Waals surface area (Å²) in [4.78, 5) is 31.7. The maximum Gasteiger partial charge on any atom is 0.354 e. The first-order valence-electron chi connectivity index (χ1n) is 10.9. The Hall–Kier alpha value is -4.68. The largest absolute Gasteiger partial charge is 0.477 e. The molecule has 10 nitrogen and oxygen atoms in total. The summed E-state index contributed by atoms with van der Waals surface area (Å²) >= 11 is 0. The number of nitrogens with one attached hydrogen (secondary N) is 2. The number of carbonyl (C=O) groups is 2. The van der Waals surface area contributed by atoms with Gasteiger partial charge in [-0.05, 0) is 36.3 Å². The molecule has 0 aliphatic carbocycles. The molecule has 0 spiro atoms.